The number of carboxylic acid groups (broad SMARTS) is 2. The van der Waals surface area contributed by atoms with E-state index >= 15 is 0 Å². The Morgan fingerprint density at radius 3 is 2.05 bits per heavy atom. The third-order valence-electron chi connectivity index (χ3n) is 2.69. The molecular formula is C13H17NO6. The van der Waals surface area contributed by atoms with E-state index in [1.165, 1.54) is 4.90 Å². The van der Waals surface area contributed by atoms with Crippen LogP contribution in [0.4, 0.5) is 0 Å². The molecule has 7 nitrogen and oxygen atoms in total. The largest absolute Gasteiger partial charge is 0.507 e. The van der Waals surface area contributed by atoms with E-state index in [9.17, 15) is 14.7 Å². The van der Waals surface area contributed by atoms with Gasteiger partial charge in [-0.05, 0) is 6.92 Å². The van der Waals surface area contributed by atoms with Crippen LogP contribution in [0.5, 0.6) is 5.75 Å². The van der Waals surface area contributed by atoms with Gasteiger partial charge >= 0.3 is 11.9 Å². The second kappa shape index (κ2) is 6.88. The summed E-state index contributed by atoms with van der Waals surface area (Å²) in [4.78, 5) is 22.6. The molecule has 0 unspecified atom stereocenters. The summed E-state index contributed by atoms with van der Waals surface area (Å²) in [6.07, 6.45) is 0. The summed E-state index contributed by atoms with van der Waals surface area (Å²) in [5, 5.41) is 36.6. The van der Waals surface area contributed by atoms with Gasteiger partial charge in [-0.15, -0.1) is 0 Å². The van der Waals surface area contributed by atoms with Gasteiger partial charge in [0.2, 0.25) is 0 Å². The fraction of sp³-hybridized carbons (Fsp3) is 0.385. The number of aromatic hydroxyl groups is 1. The van der Waals surface area contributed by atoms with E-state index in [2.05, 4.69) is 0 Å². The molecule has 7 heteroatoms. The van der Waals surface area contributed by atoms with Crippen molar-refractivity contribution < 1.29 is 30.0 Å². The molecule has 1 aromatic rings. The van der Waals surface area contributed by atoms with Crippen molar-refractivity contribution in [1.82, 2.24) is 4.90 Å². The zero-order chi connectivity index (χ0) is 15.3. The van der Waals surface area contributed by atoms with E-state index in [4.69, 9.17) is 15.3 Å². The van der Waals surface area contributed by atoms with Crippen molar-refractivity contribution >= 4 is 11.9 Å². The third kappa shape index (κ3) is 4.52. The van der Waals surface area contributed by atoms with Crippen molar-refractivity contribution in [1.29, 1.82) is 0 Å². The van der Waals surface area contributed by atoms with Crippen LogP contribution in [0, 0.1) is 6.92 Å². The van der Waals surface area contributed by atoms with Gasteiger partial charge in [-0.3, -0.25) is 14.5 Å². The molecule has 1 aromatic carbocycles. The van der Waals surface area contributed by atoms with E-state index in [0.29, 0.717) is 11.1 Å². The number of carboxylic acids is 2. The Morgan fingerprint density at radius 1 is 1.10 bits per heavy atom. The number of phenols is 1. The highest BCUT2D eigenvalue weighted by molar-refractivity contribution is 5.72. The van der Waals surface area contributed by atoms with Gasteiger partial charge in [0, 0.05) is 17.7 Å². The van der Waals surface area contributed by atoms with Crippen LogP contribution in [0.15, 0.2) is 12.1 Å². The molecule has 4 N–H and O–H groups in total. The number of hydrogen-bond acceptors (Lipinski definition) is 5. The molecule has 20 heavy (non-hydrogen) atoms. The highest BCUT2D eigenvalue weighted by Gasteiger charge is 2.17. The Labute approximate surface area is 115 Å². The van der Waals surface area contributed by atoms with Crippen LogP contribution in [0.25, 0.3) is 0 Å². The first-order chi connectivity index (χ1) is 9.33. The van der Waals surface area contributed by atoms with Crippen LogP contribution in [-0.2, 0) is 22.7 Å². The zero-order valence-corrected chi connectivity index (χ0v) is 11.0. The molecule has 0 aliphatic heterocycles. The van der Waals surface area contributed by atoms with Crippen molar-refractivity contribution in [3.05, 3.63) is 28.8 Å². The molecule has 0 saturated carbocycles. The number of rotatable bonds is 7. The smallest absolute Gasteiger partial charge is 0.317 e. The molecule has 0 aliphatic rings. The van der Waals surface area contributed by atoms with Crippen molar-refractivity contribution in [3.8, 4) is 5.75 Å². The van der Waals surface area contributed by atoms with Crippen LogP contribution in [0.1, 0.15) is 16.7 Å². The van der Waals surface area contributed by atoms with Gasteiger partial charge < -0.3 is 20.4 Å². The molecule has 0 spiro atoms. The average Bonchev–Trinajstić information content (AvgIpc) is 2.31. The van der Waals surface area contributed by atoms with Crippen LogP contribution in [0.3, 0.4) is 0 Å². The lowest BCUT2D eigenvalue weighted by atomic mass is 10.0. The number of aryl methyl sites for hydroxylation is 1. The second-order valence-electron chi connectivity index (χ2n) is 4.52. The molecule has 1 rings (SSSR count). The van der Waals surface area contributed by atoms with Crippen molar-refractivity contribution in [2.24, 2.45) is 0 Å². The molecule has 0 radical (unpaired) electrons. The monoisotopic (exact) mass is 283 g/mol. The van der Waals surface area contributed by atoms with E-state index in [0.717, 1.165) is 5.56 Å². The Bertz CT molecular complexity index is 498. The van der Waals surface area contributed by atoms with E-state index in [-0.39, 0.29) is 18.9 Å². The third-order valence-corrected chi connectivity index (χ3v) is 2.69. The summed E-state index contributed by atoms with van der Waals surface area (Å²) in [7, 11) is 0. The normalized spacial score (nSPS) is 10.8. The molecule has 0 bridgehead atoms. The molecule has 0 atom stereocenters. The SMILES string of the molecule is Cc1cc(CO)c(O)c(CN(CC(=O)O)CC(=O)O)c1. The van der Waals surface area contributed by atoms with Crippen LogP contribution >= 0.6 is 0 Å². The summed E-state index contributed by atoms with van der Waals surface area (Å²) < 4.78 is 0. The number of aliphatic hydroxyl groups is 1. The number of benzene rings is 1. The second-order valence-corrected chi connectivity index (χ2v) is 4.52. The fourth-order valence-corrected chi connectivity index (χ4v) is 1.97. The fourth-order valence-electron chi connectivity index (χ4n) is 1.97. The van der Waals surface area contributed by atoms with Gasteiger partial charge in [-0.2, -0.15) is 0 Å². The lowest BCUT2D eigenvalue weighted by molar-refractivity contribution is -0.142. The Morgan fingerprint density at radius 2 is 1.60 bits per heavy atom. The van der Waals surface area contributed by atoms with Crippen molar-refractivity contribution in [2.75, 3.05) is 13.1 Å². The van der Waals surface area contributed by atoms with Crippen LogP contribution < -0.4 is 0 Å². The summed E-state index contributed by atoms with van der Waals surface area (Å²) in [6.45, 7) is 0.487. The minimum atomic E-state index is -1.15. The van der Waals surface area contributed by atoms with Gasteiger partial charge in [0.05, 0.1) is 19.7 Å². The van der Waals surface area contributed by atoms with E-state index < -0.39 is 25.0 Å². The molecular weight excluding hydrogens is 266 g/mol. The first-order valence-electron chi connectivity index (χ1n) is 5.91. The molecule has 0 aromatic heterocycles. The summed E-state index contributed by atoms with van der Waals surface area (Å²) in [5.74, 6) is -2.44. The zero-order valence-electron chi connectivity index (χ0n) is 11.0. The Balaban J connectivity index is 3.00. The minimum Gasteiger partial charge on any atom is -0.507 e. The molecule has 0 saturated heterocycles. The highest BCUT2D eigenvalue weighted by Crippen LogP contribution is 2.25. The predicted molar refractivity (Wildman–Crippen MR) is 69.3 cm³/mol. The molecule has 0 amide bonds. The molecule has 0 heterocycles. The Kier molecular flexibility index (Phi) is 5.48. The molecule has 0 aliphatic carbocycles. The lowest BCUT2D eigenvalue weighted by Gasteiger charge is -2.19. The highest BCUT2D eigenvalue weighted by atomic mass is 16.4. The van der Waals surface area contributed by atoms with Gasteiger partial charge in [0.25, 0.3) is 0 Å². The maximum Gasteiger partial charge on any atom is 0.317 e. The van der Waals surface area contributed by atoms with E-state index in [1.807, 2.05) is 0 Å². The topological polar surface area (TPSA) is 118 Å². The van der Waals surface area contributed by atoms with Gasteiger partial charge in [-0.25, -0.2) is 0 Å². The summed E-state index contributed by atoms with van der Waals surface area (Å²) in [5.41, 5.74) is 1.50. The minimum absolute atomic E-state index is 0.0287. The molecule has 0 fully saturated rings. The van der Waals surface area contributed by atoms with Gasteiger partial charge in [0.15, 0.2) is 0 Å². The van der Waals surface area contributed by atoms with E-state index in [1.54, 1.807) is 19.1 Å². The first kappa shape index (κ1) is 15.9. The van der Waals surface area contributed by atoms with Crippen LogP contribution in [-0.4, -0.2) is 50.4 Å². The standard InChI is InChI=1S/C13H17NO6/c1-8-2-9(13(20)10(3-8)7-15)4-14(5-11(16)17)6-12(18)19/h2-3,15,20H,4-7H2,1H3,(H,16,17)(H,18,19). The van der Waals surface area contributed by atoms with Crippen molar-refractivity contribution in [3.63, 3.8) is 0 Å². The van der Waals surface area contributed by atoms with Crippen LogP contribution in [0.2, 0.25) is 0 Å². The number of nitrogens with zero attached hydrogens (tertiary/aromatic N) is 1. The molecule has 110 valence electrons. The number of aliphatic hydroxyl groups excluding tert-OH is 1. The number of aliphatic carboxylic acids is 2. The summed E-state index contributed by atoms with van der Waals surface area (Å²) >= 11 is 0. The summed E-state index contributed by atoms with van der Waals surface area (Å²) in [6, 6.07) is 3.24. The maximum atomic E-state index is 10.7. The quantitative estimate of drug-likeness (QED) is 0.563. The van der Waals surface area contributed by atoms with Gasteiger partial charge in [-0.1, -0.05) is 17.7 Å². The predicted octanol–water partition coefficient (Wildman–Crippen LogP) is 0.164. The maximum absolute atomic E-state index is 10.7. The van der Waals surface area contributed by atoms with Crippen molar-refractivity contribution in [2.45, 2.75) is 20.1 Å². The number of hydrogen-bond donors (Lipinski definition) is 4. The Hall–Kier alpha value is -2.12. The van der Waals surface area contributed by atoms with Gasteiger partial charge in [0.1, 0.15) is 5.75 Å². The average molecular weight is 283 g/mol. The first-order valence-corrected chi connectivity index (χ1v) is 5.91. The lowest BCUT2D eigenvalue weighted by Crippen LogP contribution is -2.34. The number of carbonyl (C=O) groups is 2.